The van der Waals surface area contributed by atoms with Gasteiger partial charge in [-0.1, -0.05) is 150 Å². The molecule has 0 unspecified atom stereocenters. The Balaban J connectivity index is 1.15. The van der Waals surface area contributed by atoms with Crippen molar-refractivity contribution < 1.29 is 0 Å². The molecule has 1 aliphatic rings. The lowest BCUT2D eigenvalue weighted by Gasteiger charge is -2.30. The fourth-order valence-corrected chi connectivity index (χ4v) is 12.4. The molecule has 2 aromatic heterocycles. The lowest BCUT2D eigenvalue weighted by atomic mass is 9.82. The molecule has 0 radical (unpaired) electrons. The van der Waals surface area contributed by atoms with Crippen LogP contribution in [-0.4, -0.2) is 0 Å². The van der Waals surface area contributed by atoms with Crippen LogP contribution in [0.25, 0.3) is 84.1 Å². The van der Waals surface area contributed by atoms with Crippen LogP contribution in [0, 0.1) is 0 Å². The van der Waals surface area contributed by atoms with Crippen LogP contribution >= 0.6 is 22.7 Å². The average molecular weight is 806 g/mol. The number of fused-ring (bicyclic) bond motifs is 11. The summed E-state index contributed by atoms with van der Waals surface area (Å²) in [5, 5.41) is 10.3. The van der Waals surface area contributed by atoms with Crippen molar-refractivity contribution in [3.05, 3.63) is 187 Å². The lowest BCUT2D eigenvalue weighted by Crippen LogP contribution is -2.15. The van der Waals surface area contributed by atoms with E-state index in [-0.39, 0.29) is 10.8 Å². The summed E-state index contributed by atoms with van der Waals surface area (Å²) in [6.45, 7) is 11.7. The summed E-state index contributed by atoms with van der Waals surface area (Å²) in [6.07, 6.45) is 0. The summed E-state index contributed by atoms with van der Waals surface area (Å²) >= 11 is 3.81. The van der Waals surface area contributed by atoms with Crippen molar-refractivity contribution in [1.29, 1.82) is 0 Å². The van der Waals surface area contributed by atoms with E-state index in [4.69, 9.17) is 0 Å². The molecular formula is C57H43NS2. The van der Waals surface area contributed by atoms with Crippen LogP contribution < -0.4 is 4.90 Å². The molecule has 1 nitrogen and oxygen atoms in total. The number of nitrogens with zero attached hydrogens (tertiary/aromatic N) is 1. The van der Waals surface area contributed by atoms with Crippen LogP contribution in [-0.2, 0) is 10.8 Å². The Morgan fingerprint density at radius 1 is 0.433 bits per heavy atom. The molecule has 0 aliphatic heterocycles. The normalized spacial score (nSPS) is 13.6. The predicted octanol–water partition coefficient (Wildman–Crippen LogP) is 17.5. The van der Waals surface area contributed by atoms with Crippen molar-refractivity contribution in [2.45, 2.75) is 45.4 Å². The van der Waals surface area contributed by atoms with Crippen molar-refractivity contribution >= 4 is 102 Å². The summed E-state index contributed by atoms with van der Waals surface area (Å²) in [6, 6.07) is 64.5. The molecule has 0 saturated heterocycles. The van der Waals surface area contributed by atoms with Crippen LogP contribution in [0.4, 0.5) is 17.1 Å². The number of benzene rings is 9. The minimum atomic E-state index is -0.120. The molecule has 0 fully saturated rings. The highest BCUT2D eigenvalue weighted by Gasteiger charge is 2.36. The van der Waals surface area contributed by atoms with Gasteiger partial charge in [0.15, 0.2) is 0 Å². The maximum atomic E-state index is 2.55. The van der Waals surface area contributed by atoms with Gasteiger partial charge in [-0.15, -0.1) is 22.7 Å². The molecule has 0 spiro atoms. The second-order valence-corrected chi connectivity index (χ2v) is 20.3. The van der Waals surface area contributed by atoms with Gasteiger partial charge in [0.1, 0.15) is 0 Å². The molecule has 1 aliphatic carbocycles. The van der Waals surface area contributed by atoms with E-state index in [1.165, 1.54) is 107 Å². The maximum Gasteiger partial charge on any atom is 0.0547 e. The van der Waals surface area contributed by atoms with Crippen LogP contribution in [0.5, 0.6) is 0 Å². The molecule has 288 valence electrons. The highest BCUT2D eigenvalue weighted by molar-refractivity contribution is 7.26. The Hall–Kier alpha value is -6.26. The molecule has 2 heterocycles. The van der Waals surface area contributed by atoms with Crippen molar-refractivity contribution in [1.82, 2.24) is 0 Å². The molecular weight excluding hydrogens is 763 g/mol. The molecule has 0 bridgehead atoms. The summed E-state index contributed by atoms with van der Waals surface area (Å²) < 4.78 is 5.28. The quantitative estimate of drug-likeness (QED) is 0.171. The lowest BCUT2D eigenvalue weighted by molar-refractivity contribution is 0.591. The third kappa shape index (κ3) is 5.29. The van der Waals surface area contributed by atoms with Crippen molar-refractivity contribution in [3.8, 4) is 22.3 Å². The van der Waals surface area contributed by atoms with E-state index in [1.807, 2.05) is 22.7 Å². The minimum absolute atomic E-state index is 0.0864. The van der Waals surface area contributed by atoms with Gasteiger partial charge in [-0.2, -0.15) is 0 Å². The van der Waals surface area contributed by atoms with Crippen LogP contribution in [0.15, 0.2) is 170 Å². The second kappa shape index (κ2) is 12.9. The third-order valence-corrected chi connectivity index (χ3v) is 15.5. The Morgan fingerprint density at radius 3 is 1.88 bits per heavy atom. The summed E-state index contributed by atoms with van der Waals surface area (Å²) in [5.41, 5.74) is 12.7. The number of rotatable bonds is 4. The highest BCUT2D eigenvalue weighted by Crippen LogP contribution is 2.54. The number of thiophene rings is 2. The molecule has 60 heavy (non-hydrogen) atoms. The Kier molecular flexibility index (Phi) is 7.65. The Morgan fingerprint density at radius 2 is 1.07 bits per heavy atom. The van der Waals surface area contributed by atoms with Crippen LogP contribution in [0.1, 0.15) is 51.3 Å². The fraction of sp³-hybridized carbons (Fsp3) is 0.123. The van der Waals surface area contributed by atoms with Crippen molar-refractivity contribution in [3.63, 3.8) is 0 Å². The SMILES string of the molecule is CC(C)(C)c1ccc2c(c1)sc1cc(N(c3ccc4c(c3)-c3cc5ccccc5cc3C4(C)C)c3ccc4ccccc4c3-c3cccc4c3sc3ccccc34)ccc12. The Bertz CT molecular complexity index is 3570. The van der Waals surface area contributed by atoms with Gasteiger partial charge in [0.2, 0.25) is 0 Å². The molecule has 9 aromatic carbocycles. The highest BCUT2D eigenvalue weighted by atomic mass is 32.1. The molecule has 0 saturated carbocycles. The standard InChI is InChI=1S/C57H43NS2/c1-56(2,3)37-22-25-42-43-26-23-39(33-53(43)59-52(42)31-37)58(38-24-27-48-47(32-38)46-29-35-14-6-7-15-36(35)30-49(46)57(48,4)5)50-28-21-34-13-8-9-16-40(34)54(50)45-19-12-18-44-41-17-10-11-20-51(41)60-55(44)45/h6-33H,1-5H3. The second-order valence-electron chi connectivity index (χ2n) is 18.1. The predicted molar refractivity (Wildman–Crippen MR) is 264 cm³/mol. The van der Waals surface area contributed by atoms with E-state index in [9.17, 15) is 0 Å². The van der Waals surface area contributed by atoms with Gasteiger partial charge < -0.3 is 4.90 Å². The first-order valence-corrected chi connectivity index (χ1v) is 22.6. The van der Waals surface area contributed by atoms with Gasteiger partial charge in [-0.3, -0.25) is 0 Å². The summed E-state index contributed by atoms with van der Waals surface area (Å²) in [5.74, 6) is 0. The van der Waals surface area contributed by atoms with Crippen LogP contribution in [0.3, 0.4) is 0 Å². The van der Waals surface area contributed by atoms with Gasteiger partial charge in [-0.05, 0) is 109 Å². The van der Waals surface area contributed by atoms with Gasteiger partial charge in [0.25, 0.3) is 0 Å². The van der Waals surface area contributed by atoms with E-state index in [2.05, 4.69) is 209 Å². The molecule has 3 heteroatoms. The summed E-state index contributed by atoms with van der Waals surface area (Å²) in [4.78, 5) is 2.55. The molecule has 0 atom stereocenters. The van der Waals surface area contributed by atoms with Gasteiger partial charge in [0, 0.05) is 68.3 Å². The molecule has 0 N–H and O–H groups in total. The van der Waals surface area contributed by atoms with E-state index < -0.39 is 0 Å². The third-order valence-electron chi connectivity index (χ3n) is 13.2. The zero-order valence-electron chi connectivity index (χ0n) is 34.4. The molecule has 12 rings (SSSR count). The number of anilines is 3. The van der Waals surface area contributed by atoms with Crippen molar-refractivity contribution in [2.24, 2.45) is 0 Å². The first kappa shape index (κ1) is 35.7. The number of hydrogen-bond donors (Lipinski definition) is 0. The van der Waals surface area contributed by atoms with E-state index in [0.29, 0.717) is 0 Å². The average Bonchev–Trinajstić information content (AvgIpc) is 3.89. The zero-order valence-corrected chi connectivity index (χ0v) is 36.1. The van der Waals surface area contributed by atoms with Gasteiger partial charge >= 0.3 is 0 Å². The largest absolute Gasteiger partial charge is 0.310 e. The maximum absolute atomic E-state index is 2.55. The monoisotopic (exact) mass is 805 g/mol. The first-order valence-electron chi connectivity index (χ1n) is 21.0. The Labute approximate surface area is 358 Å². The van der Waals surface area contributed by atoms with Gasteiger partial charge in [0.05, 0.1) is 5.69 Å². The smallest absolute Gasteiger partial charge is 0.0547 e. The molecule has 0 amide bonds. The van der Waals surface area contributed by atoms with E-state index in [1.54, 1.807) is 0 Å². The first-order chi connectivity index (χ1) is 29.1. The van der Waals surface area contributed by atoms with E-state index >= 15 is 0 Å². The molecule has 11 aromatic rings. The zero-order chi connectivity index (χ0) is 40.5. The van der Waals surface area contributed by atoms with Crippen molar-refractivity contribution in [2.75, 3.05) is 4.90 Å². The topological polar surface area (TPSA) is 3.24 Å². The van der Waals surface area contributed by atoms with Crippen LogP contribution in [0.2, 0.25) is 0 Å². The fourth-order valence-electron chi connectivity index (χ4n) is 10.0. The minimum Gasteiger partial charge on any atom is -0.310 e. The van der Waals surface area contributed by atoms with E-state index in [0.717, 1.165) is 11.4 Å². The summed E-state index contributed by atoms with van der Waals surface area (Å²) in [7, 11) is 0. The number of hydrogen-bond acceptors (Lipinski definition) is 3. The van der Waals surface area contributed by atoms with Gasteiger partial charge in [-0.25, -0.2) is 0 Å².